The third kappa shape index (κ3) is 11.0. The van der Waals surface area contributed by atoms with Gasteiger partial charge in [-0.2, -0.15) is 0 Å². The number of carbonyl (C=O) groups is 4. The van der Waals surface area contributed by atoms with Crippen molar-refractivity contribution >= 4 is 23.9 Å². The molecule has 0 fully saturated rings. The Kier molecular flexibility index (Phi) is 7.88. The highest BCUT2D eigenvalue weighted by Crippen LogP contribution is 2.10. The minimum Gasteiger partial charge on any atom is -0.458 e. The van der Waals surface area contributed by atoms with Crippen LogP contribution in [0.2, 0.25) is 0 Å². The lowest BCUT2D eigenvalue weighted by atomic mass is 10.1. The van der Waals surface area contributed by atoms with Gasteiger partial charge in [0, 0.05) is 0 Å². The van der Waals surface area contributed by atoms with E-state index >= 15 is 0 Å². The van der Waals surface area contributed by atoms with E-state index in [1.807, 2.05) is 0 Å². The second-order valence-electron chi connectivity index (χ2n) is 7.63. The molecule has 0 spiro atoms. The van der Waals surface area contributed by atoms with Crippen LogP contribution in [-0.4, -0.2) is 47.2 Å². The molecule has 4 N–H and O–H groups in total. The molecule has 0 saturated carbocycles. The maximum Gasteiger partial charge on any atom is 0.408 e. The smallest absolute Gasteiger partial charge is 0.408 e. The van der Waals surface area contributed by atoms with Gasteiger partial charge in [0.15, 0.2) is 0 Å². The number of carbonyl (C=O) groups excluding carboxylic acids is 4. The van der Waals surface area contributed by atoms with E-state index in [0.717, 1.165) is 0 Å². The summed E-state index contributed by atoms with van der Waals surface area (Å²) in [6.45, 7) is 11.4. The van der Waals surface area contributed by atoms with Crippen LogP contribution in [0.5, 0.6) is 0 Å². The molecule has 0 saturated heterocycles. The van der Waals surface area contributed by atoms with Gasteiger partial charge in [-0.3, -0.25) is 9.59 Å². The minimum absolute atomic E-state index is 0.417. The number of rotatable bonds is 6. The number of hydrogen-bond donors (Lipinski definition) is 3. The van der Waals surface area contributed by atoms with E-state index in [9.17, 15) is 19.2 Å². The quantitative estimate of drug-likeness (QED) is 0.594. The molecule has 9 heteroatoms. The fourth-order valence-corrected chi connectivity index (χ4v) is 1.61. The molecular weight excluding hydrogens is 330 g/mol. The lowest BCUT2D eigenvalue weighted by Crippen LogP contribution is -2.53. The van der Waals surface area contributed by atoms with E-state index in [1.165, 1.54) is 6.92 Å². The highest BCUT2D eigenvalue weighted by Gasteiger charge is 2.30. The number of primary amides is 1. The van der Waals surface area contributed by atoms with Crippen molar-refractivity contribution in [2.75, 3.05) is 0 Å². The lowest BCUT2D eigenvalue weighted by Gasteiger charge is -2.25. The Morgan fingerprint density at radius 2 is 1.40 bits per heavy atom. The molecular formula is C16H29N3O6. The molecule has 0 radical (unpaired) electrons. The predicted octanol–water partition coefficient (Wildman–Crippen LogP) is 0.602. The summed E-state index contributed by atoms with van der Waals surface area (Å²) in [5.74, 6) is -2.24. The summed E-state index contributed by atoms with van der Waals surface area (Å²) in [6, 6.07) is -2.24. The zero-order chi connectivity index (χ0) is 20.0. The summed E-state index contributed by atoms with van der Waals surface area (Å²) < 4.78 is 10.2. The molecule has 0 aromatic carbocycles. The largest absolute Gasteiger partial charge is 0.458 e. The van der Waals surface area contributed by atoms with Gasteiger partial charge in [-0.1, -0.05) is 0 Å². The summed E-state index contributed by atoms with van der Waals surface area (Å²) in [4.78, 5) is 47.1. The first-order valence-corrected chi connectivity index (χ1v) is 7.92. The van der Waals surface area contributed by atoms with Gasteiger partial charge in [0.25, 0.3) is 0 Å². The van der Waals surface area contributed by atoms with E-state index in [2.05, 4.69) is 10.6 Å². The predicted molar refractivity (Wildman–Crippen MR) is 90.4 cm³/mol. The number of alkyl carbamates (subject to hydrolysis) is 1. The molecule has 0 aliphatic rings. The number of esters is 1. The van der Waals surface area contributed by atoms with Crippen LogP contribution in [0.1, 0.15) is 54.9 Å². The highest BCUT2D eigenvalue weighted by molar-refractivity contribution is 5.91. The molecule has 25 heavy (non-hydrogen) atoms. The van der Waals surface area contributed by atoms with E-state index < -0.39 is 53.6 Å². The van der Waals surface area contributed by atoms with Crippen LogP contribution in [0.15, 0.2) is 0 Å². The number of ether oxygens (including phenoxy) is 2. The van der Waals surface area contributed by atoms with Gasteiger partial charge in [0.1, 0.15) is 23.3 Å². The summed E-state index contributed by atoms with van der Waals surface area (Å²) in [5, 5.41) is 4.69. The topological polar surface area (TPSA) is 137 Å². The third-order valence-corrected chi connectivity index (χ3v) is 2.54. The zero-order valence-corrected chi connectivity index (χ0v) is 15.9. The van der Waals surface area contributed by atoms with E-state index in [4.69, 9.17) is 15.2 Å². The number of nitrogens with one attached hydrogen (secondary N) is 2. The van der Waals surface area contributed by atoms with Crippen molar-refractivity contribution in [2.24, 2.45) is 5.73 Å². The Bertz CT molecular complexity index is 519. The molecule has 144 valence electrons. The van der Waals surface area contributed by atoms with Crippen LogP contribution >= 0.6 is 0 Å². The average molecular weight is 359 g/mol. The molecule has 0 aliphatic carbocycles. The second-order valence-corrected chi connectivity index (χ2v) is 7.63. The van der Waals surface area contributed by atoms with Crippen LogP contribution < -0.4 is 16.4 Å². The summed E-state index contributed by atoms with van der Waals surface area (Å²) >= 11 is 0. The summed E-state index contributed by atoms with van der Waals surface area (Å²) in [7, 11) is 0. The van der Waals surface area contributed by atoms with Gasteiger partial charge in [0.2, 0.25) is 11.8 Å². The number of amides is 3. The molecule has 0 aromatic heterocycles. The Morgan fingerprint density at radius 3 is 1.80 bits per heavy atom. The zero-order valence-electron chi connectivity index (χ0n) is 15.9. The molecule has 0 heterocycles. The van der Waals surface area contributed by atoms with Crippen molar-refractivity contribution in [3.63, 3.8) is 0 Å². The van der Waals surface area contributed by atoms with Gasteiger partial charge in [0.05, 0.1) is 6.42 Å². The monoisotopic (exact) mass is 359 g/mol. The maximum atomic E-state index is 12.2. The lowest BCUT2D eigenvalue weighted by molar-refractivity contribution is -0.159. The van der Waals surface area contributed by atoms with Crippen molar-refractivity contribution in [3.8, 4) is 0 Å². The van der Waals surface area contributed by atoms with Crippen LogP contribution in [-0.2, 0) is 23.9 Å². The fourth-order valence-electron chi connectivity index (χ4n) is 1.61. The van der Waals surface area contributed by atoms with E-state index in [-0.39, 0.29) is 0 Å². The van der Waals surface area contributed by atoms with Crippen molar-refractivity contribution in [3.05, 3.63) is 0 Å². The van der Waals surface area contributed by atoms with Gasteiger partial charge in [-0.15, -0.1) is 0 Å². The van der Waals surface area contributed by atoms with Crippen LogP contribution in [0, 0.1) is 0 Å². The first kappa shape index (κ1) is 22.7. The molecule has 0 unspecified atom stereocenters. The molecule has 0 bridgehead atoms. The number of nitrogens with two attached hydrogens (primary N) is 1. The highest BCUT2D eigenvalue weighted by atomic mass is 16.6. The Morgan fingerprint density at radius 1 is 0.920 bits per heavy atom. The second kappa shape index (κ2) is 8.68. The van der Waals surface area contributed by atoms with Crippen molar-refractivity contribution in [1.29, 1.82) is 0 Å². The van der Waals surface area contributed by atoms with E-state index in [1.54, 1.807) is 41.5 Å². The Hall–Kier alpha value is -2.32. The molecule has 3 amide bonds. The average Bonchev–Trinajstić information content (AvgIpc) is 2.32. The minimum atomic E-state index is -1.24. The van der Waals surface area contributed by atoms with Crippen LogP contribution in [0.4, 0.5) is 4.79 Å². The van der Waals surface area contributed by atoms with Gasteiger partial charge in [-0.25, -0.2) is 9.59 Å². The summed E-state index contributed by atoms with van der Waals surface area (Å²) in [6.07, 6.45) is -1.20. The van der Waals surface area contributed by atoms with Gasteiger partial charge in [-0.05, 0) is 48.5 Å². The van der Waals surface area contributed by atoms with Crippen molar-refractivity contribution in [2.45, 2.75) is 78.2 Å². The molecule has 0 rings (SSSR count). The Labute approximate surface area is 148 Å². The van der Waals surface area contributed by atoms with Gasteiger partial charge >= 0.3 is 12.1 Å². The SMILES string of the molecule is C[C@H](NC(=O)OC(C)(C)C)C(=O)N[C@@H](CC(N)=O)C(=O)OC(C)(C)C. The molecule has 0 aromatic rings. The molecule has 2 atom stereocenters. The molecule has 0 aliphatic heterocycles. The fraction of sp³-hybridized carbons (Fsp3) is 0.750. The molecule has 9 nitrogen and oxygen atoms in total. The van der Waals surface area contributed by atoms with E-state index in [0.29, 0.717) is 0 Å². The summed E-state index contributed by atoms with van der Waals surface area (Å²) in [5.41, 5.74) is 3.60. The number of hydrogen-bond acceptors (Lipinski definition) is 6. The Balaban J connectivity index is 4.87. The first-order valence-electron chi connectivity index (χ1n) is 7.92. The van der Waals surface area contributed by atoms with Crippen LogP contribution in [0.25, 0.3) is 0 Å². The maximum absolute atomic E-state index is 12.2. The third-order valence-electron chi connectivity index (χ3n) is 2.54. The normalized spacial score (nSPS) is 14.0. The van der Waals surface area contributed by atoms with Gasteiger partial charge < -0.3 is 25.8 Å². The first-order chi connectivity index (χ1) is 11.1. The van der Waals surface area contributed by atoms with Crippen molar-refractivity contribution < 1.29 is 28.7 Å². The standard InChI is InChI=1S/C16H29N3O6/c1-9(18-14(23)25-16(5,6)7)12(21)19-10(8-11(17)20)13(22)24-15(2,3)4/h9-10H,8H2,1-7H3,(H2,17,20)(H,18,23)(H,19,21)/t9-,10-/m0/s1. The van der Waals surface area contributed by atoms with Crippen LogP contribution in [0.3, 0.4) is 0 Å². The van der Waals surface area contributed by atoms with Crippen molar-refractivity contribution in [1.82, 2.24) is 10.6 Å².